The summed E-state index contributed by atoms with van der Waals surface area (Å²) in [6, 6.07) is 0. The first-order valence-corrected chi connectivity index (χ1v) is 7.96. The summed E-state index contributed by atoms with van der Waals surface area (Å²) in [6.07, 6.45) is 10.3. The molecule has 0 bridgehead atoms. The highest BCUT2D eigenvalue weighted by molar-refractivity contribution is 7.99. The van der Waals surface area contributed by atoms with E-state index < -0.39 is 5.97 Å². The van der Waals surface area contributed by atoms with Crippen molar-refractivity contribution in [1.82, 2.24) is 0 Å². The third-order valence-corrected chi connectivity index (χ3v) is 3.77. The van der Waals surface area contributed by atoms with Crippen molar-refractivity contribution in [3.8, 4) is 0 Å². The monoisotopic (exact) mass is 264 g/mol. The smallest absolute Gasteiger partial charge is 0.313 e. The number of hydrogen-bond donors (Lipinski definition) is 2. The van der Waals surface area contributed by atoms with Crippen molar-refractivity contribution in [2.45, 2.75) is 51.4 Å². The second-order valence-electron chi connectivity index (χ2n) is 4.00. The molecule has 0 rings (SSSR count). The molecule has 0 unspecified atom stereocenters. The summed E-state index contributed by atoms with van der Waals surface area (Å²) in [5.74, 6) is 1.56. The van der Waals surface area contributed by atoms with Gasteiger partial charge in [0.15, 0.2) is 0 Å². The predicted octanol–water partition coefficient (Wildman–Crippen LogP) is 3.85. The molecule has 0 aromatic carbocycles. The van der Waals surface area contributed by atoms with Gasteiger partial charge in [0, 0.05) is 0 Å². The molecule has 0 aliphatic rings. The van der Waals surface area contributed by atoms with Crippen LogP contribution in [0, 0.1) is 0 Å². The van der Waals surface area contributed by atoms with Crippen LogP contribution in [0.15, 0.2) is 0 Å². The fourth-order valence-corrected chi connectivity index (χ4v) is 2.49. The predicted molar refractivity (Wildman–Crippen MR) is 75.7 cm³/mol. The fourth-order valence-electron chi connectivity index (χ4n) is 1.54. The molecule has 96 valence electrons. The number of thioether (sulfide) groups is 1. The normalized spacial score (nSPS) is 10.6. The molecule has 0 heterocycles. The molecule has 4 heteroatoms. The molecule has 1 N–H and O–H groups in total. The largest absolute Gasteiger partial charge is 0.481 e. The summed E-state index contributed by atoms with van der Waals surface area (Å²) < 4.78 is 0. The minimum atomic E-state index is -0.700. The molecule has 2 nitrogen and oxygen atoms in total. The zero-order chi connectivity index (χ0) is 12.1. The summed E-state index contributed by atoms with van der Waals surface area (Å²) >= 11 is 5.71. The fraction of sp³-hybridized carbons (Fsp3) is 0.917. The van der Waals surface area contributed by atoms with E-state index in [1.807, 2.05) is 0 Å². The van der Waals surface area contributed by atoms with Gasteiger partial charge in [-0.15, -0.1) is 0 Å². The average molecular weight is 264 g/mol. The first kappa shape index (κ1) is 16.2. The van der Waals surface area contributed by atoms with Crippen molar-refractivity contribution in [1.29, 1.82) is 0 Å². The molecule has 0 saturated carbocycles. The van der Waals surface area contributed by atoms with E-state index in [2.05, 4.69) is 12.6 Å². The summed E-state index contributed by atoms with van der Waals surface area (Å²) in [7, 11) is 0. The Bertz CT molecular complexity index is 163. The van der Waals surface area contributed by atoms with Gasteiger partial charge in [-0.3, -0.25) is 4.79 Å². The maximum atomic E-state index is 10.2. The topological polar surface area (TPSA) is 37.3 Å². The van der Waals surface area contributed by atoms with E-state index >= 15 is 0 Å². The van der Waals surface area contributed by atoms with Crippen LogP contribution in [0.3, 0.4) is 0 Å². The maximum Gasteiger partial charge on any atom is 0.313 e. The molecule has 0 aromatic rings. The lowest BCUT2D eigenvalue weighted by molar-refractivity contribution is -0.133. The van der Waals surface area contributed by atoms with Crippen LogP contribution in [-0.4, -0.2) is 28.3 Å². The van der Waals surface area contributed by atoms with E-state index in [4.69, 9.17) is 5.11 Å². The molecular weight excluding hydrogens is 240 g/mol. The number of carbonyl (C=O) groups is 1. The van der Waals surface area contributed by atoms with E-state index in [-0.39, 0.29) is 5.75 Å². The Labute approximate surface area is 109 Å². The van der Waals surface area contributed by atoms with Gasteiger partial charge in [-0.05, 0) is 24.3 Å². The van der Waals surface area contributed by atoms with Gasteiger partial charge in [0.05, 0.1) is 5.75 Å². The number of rotatable bonds is 12. The Hall–Kier alpha value is 0.170. The highest BCUT2D eigenvalue weighted by Crippen LogP contribution is 2.11. The highest BCUT2D eigenvalue weighted by atomic mass is 32.2. The minimum absolute atomic E-state index is 0.254. The van der Waals surface area contributed by atoms with Crippen LogP contribution in [-0.2, 0) is 4.79 Å². The third kappa shape index (κ3) is 14.2. The lowest BCUT2D eigenvalue weighted by atomic mass is 10.1. The molecular formula is C12H24O2S2. The van der Waals surface area contributed by atoms with Gasteiger partial charge in [0.25, 0.3) is 0 Å². The Kier molecular flexibility index (Phi) is 13.4. The second kappa shape index (κ2) is 13.2. The summed E-state index contributed by atoms with van der Waals surface area (Å²) in [6.45, 7) is 0. The Morgan fingerprint density at radius 2 is 1.44 bits per heavy atom. The maximum absolute atomic E-state index is 10.2. The highest BCUT2D eigenvalue weighted by Gasteiger charge is 1.96. The summed E-state index contributed by atoms with van der Waals surface area (Å²) in [5.41, 5.74) is 0. The molecule has 0 aliphatic heterocycles. The van der Waals surface area contributed by atoms with Gasteiger partial charge in [-0.1, -0.05) is 38.5 Å². The van der Waals surface area contributed by atoms with Crippen LogP contribution in [0.2, 0.25) is 0 Å². The molecule has 0 atom stereocenters. The van der Waals surface area contributed by atoms with Crippen molar-refractivity contribution < 1.29 is 9.90 Å². The number of carboxylic acids is 1. The molecule has 0 amide bonds. The van der Waals surface area contributed by atoms with Crippen molar-refractivity contribution in [3.63, 3.8) is 0 Å². The number of unbranched alkanes of at least 4 members (excludes halogenated alkanes) is 7. The number of thiol groups is 1. The van der Waals surface area contributed by atoms with Crippen LogP contribution < -0.4 is 0 Å². The van der Waals surface area contributed by atoms with Crippen LogP contribution in [0.1, 0.15) is 51.4 Å². The molecule has 0 radical (unpaired) electrons. The lowest BCUT2D eigenvalue weighted by Gasteiger charge is -2.01. The first-order valence-electron chi connectivity index (χ1n) is 6.17. The Balaban J connectivity index is 2.90. The van der Waals surface area contributed by atoms with Gasteiger partial charge in [0.2, 0.25) is 0 Å². The van der Waals surface area contributed by atoms with Crippen LogP contribution in [0.25, 0.3) is 0 Å². The van der Waals surface area contributed by atoms with E-state index in [9.17, 15) is 4.79 Å². The van der Waals surface area contributed by atoms with Gasteiger partial charge >= 0.3 is 5.97 Å². The van der Waals surface area contributed by atoms with E-state index in [1.54, 1.807) is 0 Å². The van der Waals surface area contributed by atoms with Crippen LogP contribution in [0.4, 0.5) is 0 Å². The van der Waals surface area contributed by atoms with Crippen LogP contribution in [0.5, 0.6) is 0 Å². The summed E-state index contributed by atoms with van der Waals surface area (Å²) in [5, 5.41) is 8.43. The third-order valence-electron chi connectivity index (χ3n) is 2.42. The van der Waals surface area contributed by atoms with Crippen LogP contribution >= 0.6 is 24.4 Å². The first-order chi connectivity index (χ1) is 7.77. The molecule has 0 aromatic heterocycles. The van der Waals surface area contributed by atoms with Gasteiger partial charge in [0.1, 0.15) is 0 Å². The van der Waals surface area contributed by atoms with Gasteiger partial charge in [-0.25, -0.2) is 0 Å². The Morgan fingerprint density at radius 1 is 0.938 bits per heavy atom. The minimum Gasteiger partial charge on any atom is -0.481 e. The number of hydrogen-bond acceptors (Lipinski definition) is 3. The van der Waals surface area contributed by atoms with Gasteiger partial charge < -0.3 is 5.11 Å². The average Bonchev–Trinajstić information content (AvgIpc) is 2.25. The molecule has 0 spiro atoms. The number of aliphatic carboxylic acids is 1. The molecule has 0 saturated heterocycles. The van der Waals surface area contributed by atoms with E-state index in [1.165, 1.54) is 56.7 Å². The zero-order valence-electron chi connectivity index (χ0n) is 9.99. The van der Waals surface area contributed by atoms with E-state index in [0.29, 0.717) is 0 Å². The van der Waals surface area contributed by atoms with E-state index in [0.717, 1.165) is 17.9 Å². The second-order valence-corrected chi connectivity index (χ2v) is 5.55. The van der Waals surface area contributed by atoms with Crippen molar-refractivity contribution >= 4 is 30.4 Å². The Morgan fingerprint density at radius 3 is 1.94 bits per heavy atom. The molecule has 0 fully saturated rings. The molecule has 16 heavy (non-hydrogen) atoms. The number of carboxylic acid groups (broad SMARTS) is 1. The summed E-state index contributed by atoms with van der Waals surface area (Å²) in [4.78, 5) is 10.2. The van der Waals surface area contributed by atoms with Crippen molar-refractivity contribution in [2.24, 2.45) is 0 Å². The quantitative estimate of drug-likeness (QED) is 0.415. The van der Waals surface area contributed by atoms with Crippen molar-refractivity contribution in [3.05, 3.63) is 0 Å². The van der Waals surface area contributed by atoms with Gasteiger partial charge in [-0.2, -0.15) is 24.4 Å². The zero-order valence-corrected chi connectivity index (χ0v) is 11.7. The standard InChI is InChI=1S/C12H24O2S2/c13-12(14)11-16-10-8-6-4-2-1-3-5-7-9-15/h15H,1-11H2,(H,13,14). The van der Waals surface area contributed by atoms with Crippen molar-refractivity contribution in [2.75, 3.05) is 17.3 Å². The lowest BCUT2D eigenvalue weighted by Crippen LogP contribution is -1.98. The SMILES string of the molecule is O=C(O)CSCCCCCCCCCCS. The molecule has 0 aliphatic carbocycles.